The van der Waals surface area contributed by atoms with Crippen molar-refractivity contribution in [2.24, 2.45) is 0 Å². The number of thioether (sulfide) groups is 1. The minimum atomic E-state index is 0.154. The SMILES string of the molecule is Cc1cc(SCC(=O)c2sc3ccc(Cl)cc3c2C)c(C)cc1Cl. The lowest BCUT2D eigenvalue weighted by molar-refractivity contribution is 0.102. The summed E-state index contributed by atoms with van der Waals surface area (Å²) in [6.07, 6.45) is 0. The van der Waals surface area contributed by atoms with E-state index < -0.39 is 0 Å². The van der Waals surface area contributed by atoms with E-state index in [0.29, 0.717) is 10.8 Å². The Morgan fingerprint density at radius 3 is 2.58 bits per heavy atom. The van der Waals surface area contributed by atoms with Crippen molar-refractivity contribution in [3.05, 3.63) is 61.9 Å². The zero-order valence-electron chi connectivity index (χ0n) is 13.6. The van der Waals surface area contributed by atoms with Crippen LogP contribution in [0.4, 0.5) is 0 Å². The quantitative estimate of drug-likeness (QED) is 0.346. The highest BCUT2D eigenvalue weighted by atomic mass is 35.5. The average molecular weight is 395 g/mol. The largest absolute Gasteiger partial charge is 0.292 e. The van der Waals surface area contributed by atoms with E-state index in [4.69, 9.17) is 23.2 Å². The van der Waals surface area contributed by atoms with Crippen molar-refractivity contribution in [2.75, 3.05) is 5.75 Å². The van der Waals surface area contributed by atoms with Crippen LogP contribution < -0.4 is 0 Å². The highest BCUT2D eigenvalue weighted by Crippen LogP contribution is 2.34. The molecule has 0 spiro atoms. The Bertz CT molecular complexity index is 944. The molecule has 0 aliphatic heterocycles. The first-order valence-electron chi connectivity index (χ1n) is 7.48. The zero-order valence-corrected chi connectivity index (χ0v) is 16.7. The van der Waals surface area contributed by atoms with Crippen LogP contribution in [-0.4, -0.2) is 11.5 Å². The van der Waals surface area contributed by atoms with E-state index in [1.54, 1.807) is 23.1 Å². The van der Waals surface area contributed by atoms with E-state index in [0.717, 1.165) is 41.6 Å². The lowest BCUT2D eigenvalue weighted by Gasteiger charge is -2.08. The van der Waals surface area contributed by atoms with E-state index in [2.05, 4.69) is 0 Å². The van der Waals surface area contributed by atoms with Gasteiger partial charge in [-0.15, -0.1) is 23.1 Å². The fraction of sp³-hybridized carbons (Fsp3) is 0.211. The van der Waals surface area contributed by atoms with Gasteiger partial charge in [-0.1, -0.05) is 23.2 Å². The second kappa shape index (κ2) is 7.09. The molecule has 3 aromatic rings. The first-order chi connectivity index (χ1) is 11.4. The van der Waals surface area contributed by atoms with Crippen LogP contribution in [0.3, 0.4) is 0 Å². The molecule has 5 heteroatoms. The van der Waals surface area contributed by atoms with Crippen LogP contribution in [0.5, 0.6) is 0 Å². The normalized spacial score (nSPS) is 11.2. The number of carbonyl (C=O) groups is 1. The molecule has 0 N–H and O–H groups in total. The Hall–Kier alpha value is -1.00. The molecule has 0 unspecified atom stereocenters. The van der Waals surface area contributed by atoms with Crippen molar-refractivity contribution in [2.45, 2.75) is 25.7 Å². The molecule has 1 aromatic heterocycles. The van der Waals surface area contributed by atoms with Gasteiger partial charge in [-0.2, -0.15) is 0 Å². The first kappa shape index (κ1) is 17.8. The number of halogens is 2. The summed E-state index contributed by atoms with van der Waals surface area (Å²) in [5, 5.41) is 2.53. The first-order valence-corrected chi connectivity index (χ1v) is 10.0. The molecule has 2 aromatic carbocycles. The summed E-state index contributed by atoms with van der Waals surface area (Å²) in [4.78, 5) is 14.6. The van der Waals surface area contributed by atoms with Gasteiger partial charge in [0.15, 0.2) is 5.78 Å². The lowest BCUT2D eigenvalue weighted by Crippen LogP contribution is -2.02. The second-order valence-electron chi connectivity index (χ2n) is 5.78. The van der Waals surface area contributed by atoms with Gasteiger partial charge in [0.05, 0.1) is 10.6 Å². The Kier molecular flexibility index (Phi) is 5.26. The highest BCUT2D eigenvalue weighted by Gasteiger charge is 2.16. The molecule has 0 amide bonds. The molecule has 3 rings (SSSR count). The van der Waals surface area contributed by atoms with Gasteiger partial charge in [0, 0.05) is 19.6 Å². The monoisotopic (exact) mass is 394 g/mol. The van der Waals surface area contributed by atoms with Gasteiger partial charge < -0.3 is 0 Å². The topological polar surface area (TPSA) is 17.1 Å². The standard InChI is InChI=1S/C19H16Cl2OS2/c1-10-7-18(11(2)6-15(10)21)23-9-16(22)19-12(3)14-8-13(20)4-5-17(14)24-19/h4-8H,9H2,1-3H3. The Morgan fingerprint density at radius 1 is 1.08 bits per heavy atom. The summed E-state index contributed by atoms with van der Waals surface area (Å²) in [6, 6.07) is 9.78. The maximum absolute atomic E-state index is 12.7. The molecule has 0 aliphatic carbocycles. The number of ketones is 1. The van der Waals surface area contributed by atoms with E-state index >= 15 is 0 Å². The van der Waals surface area contributed by atoms with Crippen LogP contribution in [0.15, 0.2) is 35.2 Å². The van der Waals surface area contributed by atoms with Crippen molar-refractivity contribution >= 4 is 62.2 Å². The van der Waals surface area contributed by atoms with Crippen LogP contribution in [0.1, 0.15) is 26.4 Å². The molecule has 0 bridgehead atoms. The molecule has 0 radical (unpaired) electrons. The number of rotatable bonds is 4. The number of fused-ring (bicyclic) bond motifs is 1. The Balaban J connectivity index is 1.83. The van der Waals surface area contributed by atoms with E-state index in [9.17, 15) is 4.79 Å². The number of hydrogen-bond donors (Lipinski definition) is 0. The molecular weight excluding hydrogens is 379 g/mol. The maximum atomic E-state index is 12.7. The number of hydrogen-bond acceptors (Lipinski definition) is 3. The lowest BCUT2D eigenvalue weighted by atomic mass is 10.1. The summed E-state index contributed by atoms with van der Waals surface area (Å²) in [5.74, 6) is 0.574. The molecule has 0 atom stereocenters. The molecular formula is C19H16Cl2OS2. The fourth-order valence-corrected chi connectivity index (χ4v) is 5.16. The van der Waals surface area contributed by atoms with Crippen LogP contribution in [0, 0.1) is 20.8 Å². The Labute approximate surface area is 160 Å². The fourth-order valence-electron chi connectivity index (χ4n) is 2.58. The highest BCUT2D eigenvalue weighted by molar-refractivity contribution is 8.00. The van der Waals surface area contributed by atoms with Crippen molar-refractivity contribution in [3.8, 4) is 0 Å². The summed E-state index contributed by atoms with van der Waals surface area (Å²) in [5.41, 5.74) is 3.15. The predicted octanol–water partition coefficient (Wildman–Crippen LogP) is 7.11. The van der Waals surface area contributed by atoms with Crippen molar-refractivity contribution in [3.63, 3.8) is 0 Å². The summed E-state index contributed by atoms with van der Waals surface area (Å²) in [7, 11) is 0. The molecule has 0 fully saturated rings. The van der Waals surface area contributed by atoms with Crippen LogP contribution in [-0.2, 0) is 0 Å². The smallest absolute Gasteiger partial charge is 0.183 e. The number of thiophene rings is 1. The zero-order chi connectivity index (χ0) is 17.4. The van der Waals surface area contributed by atoms with Gasteiger partial charge in [-0.3, -0.25) is 4.79 Å². The molecule has 1 nitrogen and oxygen atoms in total. The summed E-state index contributed by atoms with van der Waals surface area (Å²) in [6.45, 7) is 5.99. The van der Waals surface area contributed by atoms with Crippen molar-refractivity contribution in [1.29, 1.82) is 0 Å². The Morgan fingerprint density at radius 2 is 1.83 bits per heavy atom. The van der Waals surface area contributed by atoms with Gasteiger partial charge in [0.1, 0.15) is 0 Å². The molecule has 0 saturated carbocycles. The van der Waals surface area contributed by atoms with E-state index in [-0.39, 0.29) is 5.78 Å². The third kappa shape index (κ3) is 3.50. The van der Waals surface area contributed by atoms with Gasteiger partial charge in [0.25, 0.3) is 0 Å². The van der Waals surface area contributed by atoms with Crippen LogP contribution in [0.2, 0.25) is 10.0 Å². The average Bonchev–Trinajstić information content (AvgIpc) is 2.86. The van der Waals surface area contributed by atoms with Crippen LogP contribution >= 0.6 is 46.3 Å². The molecule has 24 heavy (non-hydrogen) atoms. The summed E-state index contributed by atoms with van der Waals surface area (Å²) < 4.78 is 1.10. The number of carbonyl (C=O) groups excluding carboxylic acids is 1. The molecule has 0 saturated heterocycles. The van der Waals surface area contributed by atoms with Gasteiger partial charge in [-0.05, 0) is 73.2 Å². The number of Topliss-reactive ketones (excluding diaryl/α,β-unsaturated/α-hetero) is 1. The minimum absolute atomic E-state index is 0.154. The van der Waals surface area contributed by atoms with Crippen molar-refractivity contribution < 1.29 is 4.79 Å². The maximum Gasteiger partial charge on any atom is 0.183 e. The number of benzene rings is 2. The van der Waals surface area contributed by atoms with Gasteiger partial charge in [0.2, 0.25) is 0 Å². The number of aryl methyl sites for hydroxylation is 3. The third-order valence-electron chi connectivity index (χ3n) is 3.97. The molecule has 0 aliphatic rings. The van der Waals surface area contributed by atoms with Gasteiger partial charge >= 0.3 is 0 Å². The minimum Gasteiger partial charge on any atom is -0.292 e. The molecule has 124 valence electrons. The van der Waals surface area contributed by atoms with Gasteiger partial charge in [-0.25, -0.2) is 0 Å². The van der Waals surface area contributed by atoms with Crippen molar-refractivity contribution in [1.82, 2.24) is 0 Å². The third-order valence-corrected chi connectivity index (χ3v) is 7.08. The van der Waals surface area contributed by atoms with E-state index in [1.807, 2.05) is 51.1 Å². The van der Waals surface area contributed by atoms with Crippen LogP contribution in [0.25, 0.3) is 10.1 Å². The second-order valence-corrected chi connectivity index (χ2v) is 8.69. The summed E-state index contributed by atoms with van der Waals surface area (Å²) >= 11 is 15.3. The van der Waals surface area contributed by atoms with E-state index in [1.165, 1.54) is 0 Å². The predicted molar refractivity (Wildman–Crippen MR) is 108 cm³/mol. The molecule has 1 heterocycles.